The summed E-state index contributed by atoms with van der Waals surface area (Å²) in [5.74, 6) is -0.770. The van der Waals surface area contributed by atoms with Crippen molar-refractivity contribution in [3.8, 4) is 0 Å². The lowest BCUT2D eigenvalue weighted by Gasteiger charge is -2.04. The normalized spacial score (nSPS) is 10.5. The molecule has 0 fully saturated rings. The Morgan fingerprint density at radius 2 is 2.17 bits per heavy atom. The lowest BCUT2D eigenvalue weighted by molar-refractivity contribution is -0.121. The van der Waals surface area contributed by atoms with Gasteiger partial charge in [0.2, 0.25) is 5.91 Å². The summed E-state index contributed by atoms with van der Waals surface area (Å²) in [5, 5.41) is 2.67. The van der Waals surface area contributed by atoms with Crippen LogP contribution in [0.1, 0.15) is 6.92 Å². The molecule has 0 aliphatic heterocycles. The van der Waals surface area contributed by atoms with Crippen molar-refractivity contribution < 1.29 is 9.21 Å². The molecule has 1 aromatic heterocycles. The van der Waals surface area contributed by atoms with Crippen LogP contribution >= 0.6 is 0 Å². The second-order valence-corrected chi connectivity index (χ2v) is 4.16. The number of nitrogens with zero attached hydrogens (tertiary/aromatic N) is 1. The second-order valence-electron chi connectivity index (χ2n) is 4.16. The summed E-state index contributed by atoms with van der Waals surface area (Å²) in [6, 6.07) is 7.00. The van der Waals surface area contributed by atoms with Crippen molar-refractivity contribution in [1.82, 2.24) is 9.88 Å². The zero-order valence-electron chi connectivity index (χ0n) is 10.1. The van der Waals surface area contributed by atoms with Crippen molar-refractivity contribution in [2.45, 2.75) is 13.5 Å². The van der Waals surface area contributed by atoms with Crippen LogP contribution in [0, 0.1) is 0 Å². The molecular formula is C13H14N2O3. The van der Waals surface area contributed by atoms with Gasteiger partial charge in [0.1, 0.15) is 6.54 Å². The molecule has 0 spiro atoms. The van der Waals surface area contributed by atoms with Crippen LogP contribution < -0.4 is 11.1 Å². The van der Waals surface area contributed by atoms with Crippen LogP contribution in [-0.2, 0) is 11.3 Å². The van der Waals surface area contributed by atoms with Gasteiger partial charge in [-0.2, -0.15) is 0 Å². The zero-order valence-corrected chi connectivity index (χ0v) is 10.1. The maximum Gasteiger partial charge on any atom is 0.420 e. The molecule has 0 saturated heterocycles. The van der Waals surface area contributed by atoms with Crippen LogP contribution in [0.25, 0.3) is 11.1 Å². The largest absolute Gasteiger partial charge is 0.420 e. The van der Waals surface area contributed by atoms with E-state index in [-0.39, 0.29) is 12.5 Å². The molecule has 0 radical (unpaired) electrons. The van der Waals surface area contributed by atoms with E-state index in [1.54, 1.807) is 24.3 Å². The van der Waals surface area contributed by atoms with Crippen molar-refractivity contribution in [3.05, 3.63) is 47.0 Å². The highest BCUT2D eigenvalue weighted by Crippen LogP contribution is 2.11. The molecule has 1 aromatic carbocycles. The van der Waals surface area contributed by atoms with E-state index in [1.165, 1.54) is 4.57 Å². The Morgan fingerprint density at radius 3 is 2.89 bits per heavy atom. The average Bonchev–Trinajstić information content (AvgIpc) is 2.64. The van der Waals surface area contributed by atoms with Crippen molar-refractivity contribution >= 4 is 17.0 Å². The summed E-state index contributed by atoms with van der Waals surface area (Å²) in [4.78, 5) is 23.3. The number of benzene rings is 1. The van der Waals surface area contributed by atoms with Crippen molar-refractivity contribution in [3.63, 3.8) is 0 Å². The summed E-state index contributed by atoms with van der Waals surface area (Å²) in [6.45, 7) is 5.86. The fourth-order valence-electron chi connectivity index (χ4n) is 1.61. The van der Waals surface area contributed by atoms with Gasteiger partial charge in [-0.1, -0.05) is 24.3 Å². The lowest BCUT2D eigenvalue weighted by Crippen LogP contribution is -2.31. The number of hydrogen-bond acceptors (Lipinski definition) is 3. The molecule has 0 bridgehead atoms. The molecule has 1 N–H and O–H groups in total. The second kappa shape index (κ2) is 4.91. The van der Waals surface area contributed by atoms with Crippen LogP contribution in [0.2, 0.25) is 0 Å². The Labute approximate surface area is 104 Å². The molecule has 5 nitrogen and oxygen atoms in total. The minimum absolute atomic E-state index is 0.0525. The van der Waals surface area contributed by atoms with E-state index in [0.717, 1.165) is 5.57 Å². The van der Waals surface area contributed by atoms with E-state index in [4.69, 9.17) is 4.42 Å². The molecular weight excluding hydrogens is 232 g/mol. The Balaban J connectivity index is 2.21. The van der Waals surface area contributed by atoms with Gasteiger partial charge in [0.25, 0.3) is 0 Å². The maximum atomic E-state index is 11.7. The van der Waals surface area contributed by atoms with E-state index >= 15 is 0 Å². The first-order valence-corrected chi connectivity index (χ1v) is 5.57. The van der Waals surface area contributed by atoms with Crippen molar-refractivity contribution in [2.75, 3.05) is 6.54 Å². The number of rotatable bonds is 4. The van der Waals surface area contributed by atoms with Gasteiger partial charge in [-0.25, -0.2) is 4.79 Å². The molecule has 94 valence electrons. The maximum absolute atomic E-state index is 11.7. The summed E-state index contributed by atoms with van der Waals surface area (Å²) >= 11 is 0. The third-order valence-corrected chi connectivity index (χ3v) is 2.46. The Morgan fingerprint density at radius 1 is 1.44 bits per heavy atom. The molecule has 0 aliphatic rings. The lowest BCUT2D eigenvalue weighted by atomic mass is 10.3. The smallest absolute Gasteiger partial charge is 0.408 e. The molecule has 1 heterocycles. The summed E-state index contributed by atoms with van der Waals surface area (Å²) in [7, 11) is 0. The minimum atomic E-state index is -0.526. The molecule has 5 heteroatoms. The molecule has 1 amide bonds. The summed E-state index contributed by atoms with van der Waals surface area (Å²) in [6.07, 6.45) is 0. The molecule has 0 unspecified atom stereocenters. The quantitative estimate of drug-likeness (QED) is 0.827. The number of amides is 1. The zero-order chi connectivity index (χ0) is 13.1. The number of nitrogens with one attached hydrogen (secondary N) is 1. The van der Waals surface area contributed by atoms with Gasteiger partial charge in [0, 0.05) is 6.54 Å². The fraction of sp³-hybridized carbons (Fsp3) is 0.231. The SMILES string of the molecule is C=C(C)CNC(=O)Cn1c(=O)oc2ccccc21. The van der Waals surface area contributed by atoms with Gasteiger partial charge >= 0.3 is 5.76 Å². The number of oxazole rings is 1. The highest BCUT2D eigenvalue weighted by Gasteiger charge is 2.11. The van der Waals surface area contributed by atoms with E-state index in [1.807, 2.05) is 6.92 Å². The average molecular weight is 246 g/mol. The summed E-state index contributed by atoms with van der Waals surface area (Å²) < 4.78 is 6.34. The molecule has 2 rings (SSSR count). The first-order valence-electron chi connectivity index (χ1n) is 5.57. The molecule has 2 aromatic rings. The van der Waals surface area contributed by atoms with Gasteiger partial charge in [0.05, 0.1) is 5.52 Å². The molecule has 0 atom stereocenters. The Bertz CT molecular complexity index is 652. The third kappa shape index (κ3) is 2.51. The topological polar surface area (TPSA) is 64.2 Å². The third-order valence-electron chi connectivity index (χ3n) is 2.46. The van der Waals surface area contributed by atoms with Gasteiger partial charge in [-0.15, -0.1) is 0 Å². The van der Waals surface area contributed by atoms with Gasteiger partial charge in [-0.05, 0) is 19.1 Å². The number of carbonyl (C=O) groups excluding carboxylic acids is 1. The van der Waals surface area contributed by atoms with E-state index in [2.05, 4.69) is 11.9 Å². The summed E-state index contributed by atoms with van der Waals surface area (Å²) in [5.41, 5.74) is 1.95. The number of fused-ring (bicyclic) bond motifs is 1. The van der Waals surface area contributed by atoms with Crippen LogP contribution in [0.5, 0.6) is 0 Å². The number of hydrogen-bond donors (Lipinski definition) is 1. The molecule has 0 saturated carbocycles. The number of carbonyl (C=O) groups is 1. The Hall–Kier alpha value is -2.30. The predicted octanol–water partition coefficient (Wildman–Crippen LogP) is 1.29. The van der Waals surface area contributed by atoms with E-state index in [9.17, 15) is 9.59 Å². The van der Waals surface area contributed by atoms with Gasteiger partial charge in [0.15, 0.2) is 5.58 Å². The van der Waals surface area contributed by atoms with Crippen molar-refractivity contribution in [1.29, 1.82) is 0 Å². The monoisotopic (exact) mass is 246 g/mol. The van der Waals surface area contributed by atoms with Crippen LogP contribution in [0.3, 0.4) is 0 Å². The van der Waals surface area contributed by atoms with Crippen molar-refractivity contribution in [2.24, 2.45) is 0 Å². The van der Waals surface area contributed by atoms with E-state index < -0.39 is 5.76 Å². The molecule has 0 aliphatic carbocycles. The first kappa shape index (κ1) is 12.2. The molecule has 18 heavy (non-hydrogen) atoms. The number of para-hydroxylation sites is 2. The minimum Gasteiger partial charge on any atom is -0.408 e. The highest BCUT2D eigenvalue weighted by molar-refractivity contribution is 5.79. The van der Waals surface area contributed by atoms with E-state index in [0.29, 0.717) is 17.6 Å². The Kier molecular flexibility index (Phi) is 3.32. The standard InChI is InChI=1S/C13H14N2O3/c1-9(2)7-14-12(16)8-15-10-5-3-4-6-11(10)18-13(15)17/h3-6H,1,7-8H2,2H3,(H,14,16). The van der Waals surface area contributed by atoms with Gasteiger partial charge < -0.3 is 9.73 Å². The predicted molar refractivity (Wildman–Crippen MR) is 68.3 cm³/mol. The first-order chi connectivity index (χ1) is 8.58. The fourth-order valence-corrected chi connectivity index (χ4v) is 1.61. The van der Waals surface area contributed by atoms with Crippen LogP contribution in [-0.4, -0.2) is 17.0 Å². The van der Waals surface area contributed by atoms with Crippen LogP contribution in [0.4, 0.5) is 0 Å². The highest BCUT2D eigenvalue weighted by atomic mass is 16.4. The van der Waals surface area contributed by atoms with Crippen LogP contribution in [0.15, 0.2) is 45.6 Å². The van der Waals surface area contributed by atoms with Gasteiger partial charge in [-0.3, -0.25) is 9.36 Å². The number of aromatic nitrogens is 1.